The molecule has 1 aliphatic rings. The number of rotatable bonds is 6. The highest BCUT2D eigenvalue weighted by Gasteiger charge is 2.33. The molecule has 104 valence electrons. The maximum absolute atomic E-state index is 5.73. The molecule has 1 saturated carbocycles. The first-order chi connectivity index (χ1) is 8.54. The molecule has 0 bridgehead atoms. The van der Waals surface area contributed by atoms with Crippen LogP contribution in [0.15, 0.2) is 23.7 Å². The van der Waals surface area contributed by atoms with E-state index in [1.54, 1.807) is 0 Å². The lowest BCUT2D eigenvalue weighted by molar-refractivity contribution is 0.00936. The molecule has 18 heavy (non-hydrogen) atoms. The fourth-order valence-electron chi connectivity index (χ4n) is 2.40. The van der Waals surface area contributed by atoms with E-state index in [1.165, 1.54) is 43.3 Å². The van der Waals surface area contributed by atoms with E-state index in [0.29, 0.717) is 0 Å². The second-order valence-electron chi connectivity index (χ2n) is 6.07. The molecule has 0 aliphatic heterocycles. The lowest BCUT2D eigenvalue weighted by Crippen LogP contribution is -2.33. The first-order valence-electron chi connectivity index (χ1n) is 7.04. The van der Waals surface area contributed by atoms with Gasteiger partial charge in [0, 0.05) is 5.41 Å². The summed E-state index contributed by atoms with van der Waals surface area (Å²) < 4.78 is 11.5. The summed E-state index contributed by atoms with van der Waals surface area (Å²) in [7, 11) is 0. The van der Waals surface area contributed by atoms with Crippen LogP contribution in [0.3, 0.4) is 0 Å². The zero-order valence-corrected chi connectivity index (χ0v) is 12.4. The lowest BCUT2D eigenvalue weighted by Gasteiger charge is -2.35. The van der Waals surface area contributed by atoms with Gasteiger partial charge in [0.2, 0.25) is 0 Å². The Morgan fingerprint density at radius 3 is 1.67 bits per heavy atom. The summed E-state index contributed by atoms with van der Waals surface area (Å²) in [5.41, 5.74) is 2.65. The summed E-state index contributed by atoms with van der Waals surface area (Å²) in [5, 5.41) is 0. The van der Waals surface area contributed by atoms with E-state index < -0.39 is 0 Å². The molecule has 2 nitrogen and oxygen atoms in total. The van der Waals surface area contributed by atoms with E-state index >= 15 is 0 Å². The smallest absolute Gasteiger partial charge is 0.0962 e. The Morgan fingerprint density at radius 2 is 1.28 bits per heavy atom. The minimum absolute atomic E-state index is 0.218. The van der Waals surface area contributed by atoms with Crippen LogP contribution in [-0.2, 0) is 9.47 Å². The third-order valence-electron chi connectivity index (χ3n) is 3.33. The molecule has 0 aromatic rings. The van der Waals surface area contributed by atoms with Crippen LogP contribution in [0.1, 0.15) is 59.8 Å². The van der Waals surface area contributed by atoms with E-state index in [-0.39, 0.29) is 5.41 Å². The highest BCUT2D eigenvalue weighted by Crippen LogP contribution is 2.37. The van der Waals surface area contributed by atoms with Crippen LogP contribution in [0, 0.1) is 5.41 Å². The summed E-state index contributed by atoms with van der Waals surface area (Å²) in [6.07, 6.45) is 10.1. The Hall–Kier alpha value is -0.920. The fraction of sp³-hybridized carbons (Fsp3) is 0.750. The molecule has 0 amide bonds. The predicted molar refractivity (Wildman–Crippen MR) is 76.3 cm³/mol. The minimum atomic E-state index is 0.218. The monoisotopic (exact) mass is 252 g/mol. The summed E-state index contributed by atoms with van der Waals surface area (Å²) in [5.74, 6) is 0. The zero-order valence-electron chi connectivity index (χ0n) is 12.4. The average molecular weight is 252 g/mol. The molecule has 0 N–H and O–H groups in total. The molecular weight excluding hydrogens is 224 g/mol. The predicted octanol–water partition coefficient (Wildman–Crippen LogP) is 4.82. The molecule has 0 spiro atoms. The molecule has 1 rings (SSSR count). The van der Waals surface area contributed by atoms with Crippen molar-refractivity contribution in [2.24, 2.45) is 5.41 Å². The molecule has 0 heterocycles. The van der Waals surface area contributed by atoms with Crippen LogP contribution in [-0.4, -0.2) is 13.2 Å². The fourth-order valence-corrected chi connectivity index (χ4v) is 2.40. The van der Waals surface area contributed by atoms with Crippen molar-refractivity contribution < 1.29 is 9.47 Å². The quantitative estimate of drug-likeness (QED) is 0.631. The molecule has 0 atom stereocenters. The Kier molecular flexibility index (Phi) is 6.31. The van der Waals surface area contributed by atoms with Crippen molar-refractivity contribution >= 4 is 0 Å². The highest BCUT2D eigenvalue weighted by molar-refractivity contribution is 4.90. The Morgan fingerprint density at radius 1 is 0.833 bits per heavy atom. The normalized spacial score (nSPS) is 17.8. The van der Waals surface area contributed by atoms with Crippen molar-refractivity contribution in [2.75, 3.05) is 13.2 Å². The topological polar surface area (TPSA) is 18.5 Å². The Labute approximate surface area is 112 Å². The van der Waals surface area contributed by atoms with Gasteiger partial charge >= 0.3 is 0 Å². The Bertz CT molecular complexity index is 264. The van der Waals surface area contributed by atoms with Gasteiger partial charge in [-0.2, -0.15) is 0 Å². The van der Waals surface area contributed by atoms with Crippen LogP contribution < -0.4 is 0 Å². The number of allylic oxidation sites excluding steroid dienone is 2. The van der Waals surface area contributed by atoms with E-state index in [0.717, 1.165) is 13.2 Å². The molecular formula is C16H28O2. The van der Waals surface area contributed by atoms with Gasteiger partial charge in [-0.1, -0.05) is 19.3 Å². The van der Waals surface area contributed by atoms with Crippen molar-refractivity contribution in [3.8, 4) is 0 Å². The van der Waals surface area contributed by atoms with Gasteiger partial charge < -0.3 is 9.47 Å². The van der Waals surface area contributed by atoms with E-state index in [9.17, 15) is 0 Å². The summed E-state index contributed by atoms with van der Waals surface area (Å²) in [6, 6.07) is 0. The molecule has 0 unspecified atom stereocenters. The number of hydrogen-bond acceptors (Lipinski definition) is 2. The van der Waals surface area contributed by atoms with E-state index in [1.807, 2.05) is 12.5 Å². The lowest BCUT2D eigenvalue weighted by atomic mass is 9.75. The third-order valence-corrected chi connectivity index (χ3v) is 3.33. The molecule has 1 fully saturated rings. The maximum Gasteiger partial charge on any atom is 0.0962 e. The molecule has 0 saturated heterocycles. The van der Waals surface area contributed by atoms with Crippen molar-refractivity contribution in [1.82, 2.24) is 0 Å². The van der Waals surface area contributed by atoms with Gasteiger partial charge in [0.1, 0.15) is 0 Å². The van der Waals surface area contributed by atoms with Crippen molar-refractivity contribution in [1.29, 1.82) is 0 Å². The van der Waals surface area contributed by atoms with Crippen LogP contribution in [0.4, 0.5) is 0 Å². The van der Waals surface area contributed by atoms with Crippen molar-refractivity contribution in [2.45, 2.75) is 59.8 Å². The SMILES string of the molecule is CC(C)=COCC1(COC=C(C)C)CCCCC1. The summed E-state index contributed by atoms with van der Waals surface area (Å²) in [6.45, 7) is 9.82. The minimum Gasteiger partial charge on any atom is -0.501 e. The first-order valence-corrected chi connectivity index (χ1v) is 7.04. The average Bonchev–Trinajstić information content (AvgIpc) is 2.29. The maximum atomic E-state index is 5.73. The molecule has 2 heteroatoms. The second-order valence-corrected chi connectivity index (χ2v) is 6.07. The van der Waals surface area contributed by atoms with Gasteiger partial charge in [-0.05, 0) is 51.7 Å². The van der Waals surface area contributed by atoms with Gasteiger partial charge in [-0.3, -0.25) is 0 Å². The Balaban J connectivity index is 2.51. The van der Waals surface area contributed by atoms with Crippen LogP contribution in [0.25, 0.3) is 0 Å². The van der Waals surface area contributed by atoms with Crippen LogP contribution in [0.5, 0.6) is 0 Å². The number of hydrogen-bond donors (Lipinski definition) is 0. The molecule has 0 radical (unpaired) electrons. The van der Waals surface area contributed by atoms with Gasteiger partial charge in [-0.25, -0.2) is 0 Å². The molecule has 0 aromatic carbocycles. The van der Waals surface area contributed by atoms with E-state index in [2.05, 4.69) is 27.7 Å². The van der Waals surface area contributed by atoms with Crippen molar-refractivity contribution in [3.05, 3.63) is 23.7 Å². The summed E-state index contributed by atoms with van der Waals surface area (Å²) >= 11 is 0. The van der Waals surface area contributed by atoms with Gasteiger partial charge in [0.15, 0.2) is 0 Å². The van der Waals surface area contributed by atoms with Gasteiger partial charge in [0.05, 0.1) is 25.7 Å². The standard InChI is InChI=1S/C16H28O2/c1-14(2)10-17-12-16(8-6-5-7-9-16)13-18-11-15(3)4/h10-11H,5-9,12-13H2,1-4H3. The van der Waals surface area contributed by atoms with Crippen LogP contribution >= 0.6 is 0 Å². The van der Waals surface area contributed by atoms with Crippen molar-refractivity contribution in [3.63, 3.8) is 0 Å². The zero-order chi connectivity index (χ0) is 13.4. The van der Waals surface area contributed by atoms with Gasteiger partial charge in [0.25, 0.3) is 0 Å². The molecule has 0 aromatic heterocycles. The first kappa shape index (κ1) is 15.1. The number of ether oxygens (including phenoxy) is 2. The largest absolute Gasteiger partial charge is 0.501 e. The highest BCUT2D eigenvalue weighted by atomic mass is 16.5. The summed E-state index contributed by atoms with van der Waals surface area (Å²) in [4.78, 5) is 0. The second kappa shape index (κ2) is 7.50. The van der Waals surface area contributed by atoms with Crippen LogP contribution in [0.2, 0.25) is 0 Å². The van der Waals surface area contributed by atoms with E-state index in [4.69, 9.17) is 9.47 Å². The molecule has 1 aliphatic carbocycles. The third kappa shape index (κ3) is 5.61. The van der Waals surface area contributed by atoms with Gasteiger partial charge in [-0.15, -0.1) is 0 Å².